The summed E-state index contributed by atoms with van der Waals surface area (Å²) in [5.41, 5.74) is 5.81. The first kappa shape index (κ1) is 29.5. The summed E-state index contributed by atoms with van der Waals surface area (Å²) in [6, 6.07) is 18.8. The number of rotatable bonds is 9. The molecule has 7 rings (SSSR count). The second-order valence-electron chi connectivity index (χ2n) is 11.3. The summed E-state index contributed by atoms with van der Waals surface area (Å²) in [6.45, 7) is 6.29. The van der Waals surface area contributed by atoms with E-state index in [1.807, 2.05) is 36.4 Å². The Morgan fingerprint density at radius 2 is 1.89 bits per heavy atom. The number of benzene rings is 2. The van der Waals surface area contributed by atoms with Crippen LogP contribution in [0.3, 0.4) is 0 Å². The number of aliphatic hydroxyl groups excluding tert-OH is 1. The van der Waals surface area contributed by atoms with Crippen molar-refractivity contribution in [3.05, 3.63) is 108 Å². The van der Waals surface area contributed by atoms with E-state index in [0.717, 1.165) is 49.6 Å². The number of pyridine rings is 1. The van der Waals surface area contributed by atoms with Gasteiger partial charge in [-0.15, -0.1) is 5.10 Å². The fourth-order valence-corrected chi connectivity index (χ4v) is 6.16. The number of aliphatic hydroxyl groups is 1. The van der Waals surface area contributed by atoms with E-state index in [2.05, 4.69) is 43.9 Å². The molecular weight excluding hydrogens is 583 g/mol. The maximum atomic E-state index is 15.4. The van der Waals surface area contributed by atoms with Crippen molar-refractivity contribution in [3.63, 3.8) is 0 Å². The van der Waals surface area contributed by atoms with Gasteiger partial charge in [-0.05, 0) is 55.3 Å². The van der Waals surface area contributed by atoms with Crippen LogP contribution < -0.4 is 4.74 Å². The Morgan fingerprint density at radius 1 is 1.07 bits per heavy atom. The lowest BCUT2D eigenvalue weighted by molar-refractivity contribution is 0.202. The van der Waals surface area contributed by atoms with Gasteiger partial charge in [0.05, 0.1) is 25.0 Å². The molecule has 0 spiro atoms. The van der Waals surface area contributed by atoms with Gasteiger partial charge in [0.2, 0.25) is 5.88 Å². The number of hydrogen-bond acceptors (Lipinski definition) is 8. The average Bonchev–Trinajstić information content (AvgIpc) is 3.73. The first-order valence-corrected chi connectivity index (χ1v) is 15.2. The molecule has 5 heterocycles. The van der Waals surface area contributed by atoms with Gasteiger partial charge in [-0.2, -0.15) is 5.10 Å². The van der Waals surface area contributed by atoms with Gasteiger partial charge >= 0.3 is 0 Å². The zero-order chi connectivity index (χ0) is 31.6. The smallest absolute Gasteiger partial charge is 0.240 e. The van der Waals surface area contributed by atoms with Crippen molar-refractivity contribution in [2.24, 2.45) is 0 Å². The highest BCUT2D eigenvalue weighted by Crippen LogP contribution is 2.37. The summed E-state index contributed by atoms with van der Waals surface area (Å²) in [5.74, 6) is 1.75. The molecule has 1 aliphatic rings. The fourth-order valence-electron chi connectivity index (χ4n) is 6.16. The minimum Gasteiger partial charge on any atom is -0.480 e. The van der Waals surface area contributed by atoms with Crippen molar-refractivity contribution in [3.8, 4) is 39.8 Å². The molecule has 4 aromatic heterocycles. The van der Waals surface area contributed by atoms with E-state index in [9.17, 15) is 5.11 Å². The van der Waals surface area contributed by atoms with Crippen molar-refractivity contribution >= 4 is 11.7 Å². The van der Waals surface area contributed by atoms with Gasteiger partial charge in [-0.1, -0.05) is 55.1 Å². The molecule has 0 unspecified atom stereocenters. The molecule has 0 bridgehead atoms. The monoisotopic (exact) mass is 616 g/mol. The van der Waals surface area contributed by atoms with E-state index in [1.165, 1.54) is 23.3 Å². The van der Waals surface area contributed by atoms with Crippen LogP contribution >= 0.6 is 0 Å². The first-order valence-electron chi connectivity index (χ1n) is 15.2. The Hall–Kier alpha value is -5.26. The molecular formula is C35H33FN8O2. The van der Waals surface area contributed by atoms with Gasteiger partial charge in [0.25, 0.3) is 0 Å². The predicted molar refractivity (Wildman–Crippen MR) is 173 cm³/mol. The van der Waals surface area contributed by atoms with Gasteiger partial charge in [0.15, 0.2) is 11.5 Å². The molecule has 10 nitrogen and oxygen atoms in total. The summed E-state index contributed by atoms with van der Waals surface area (Å²) < 4.78 is 22.3. The van der Waals surface area contributed by atoms with Crippen LogP contribution in [0.25, 0.3) is 45.6 Å². The van der Waals surface area contributed by atoms with Crippen LogP contribution in [0, 0.1) is 5.82 Å². The molecule has 0 saturated carbocycles. The Balaban J connectivity index is 1.12. The lowest BCUT2D eigenvalue weighted by Gasteiger charge is -2.31. The Bertz CT molecular complexity index is 2000. The average molecular weight is 617 g/mol. The maximum Gasteiger partial charge on any atom is 0.240 e. The standard InChI is InChI=1S/C35H33FN8O2/c1-3-23-7-6-8-28(36)30(23)26-20-44-34(27(21-45)35(42-44)46-2)38-31(26)24-12-10-22(11-13-24)19-43-17-14-25(15-18-43)32-39-33(41-40-32)29-9-4-5-16-37-29/h3-13,16,20,25,45H,1,14-15,17-19,21H2,2H3,(H,39,40,41). The van der Waals surface area contributed by atoms with E-state index < -0.39 is 0 Å². The Kier molecular flexibility index (Phi) is 8.08. The molecule has 1 fully saturated rings. The molecule has 0 atom stereocenters. The van der Waals surface area contributed by atoms with Gasteiger partial charge in [-0.25, -0.2) is 18.9 Å². The molecule has 1 saturated heterocycles. The zero-order valence-corrected chi connectivity index (χ0v) is 25.4. The molecule has 11 heteroatoms. The Labute approximate surface area is 265 Å². The van der Waals surface area contributed by atoms with Crippen LogP contribution in [-0.4, -0.2) is 65.0 Å². The highest BCUT2D eigenvalue weighted by molar-refractivity contribution is 5.86. The molecule has 0 radical (unpaired) electrons. The van der Waals surface area contributed by atoms with Crippen LogP contribution in [0.4, 0.5) is 4.39 Å². The van der Waals surface area contributed by atoms with E-state index >= 15 is 4.39 Å². The lowest BCUT2D eigenvalue weighted by Crippen LogP contribution is -2.32. The quantitative estimate of drug-likeness (QED) is 0.206. The maximum absolute atomic E-state index is 15.4. The second-order valence-corrected chi connectivity index (χ2v) is 11.3. The van der Waals surface area contributed by atoms with Crippen molar-refractivity contribution in [2.45, 2.75) is 31.9 Å². The minimum absolute atomic E-state index is 0.270. The summed E-state index contributed by atoms with van der Waals surface area (Å²) in [5, 5.41) is 22.0. The van der Waals surface area contributed by atoms with E-state index in [-0.39, 0.29) is 18.3 Å². The minimum atomic E-state index is -0.389. The van der Waals surface area contributed by atoms with Gasteiger partial charge in [0, 0.05) is 41.5 Å². The third-order valence-electron chi connectivity index (χ3n) is 8.56. The number of aromatic amines is 1. The van der Waals surface area contributed by atoms with Gasteiger partial charge < -0.3 is 9.84 Å². The molecule has 2 aromatic carbocycles. The number of methoxy groups -OCH3 is 1. The number of hydrogen-bond donors (Lipinski definition) is 2. The van der Waals surface area contributed by atoms with E-state index in [1.54, 1.807) is 24.5 Å². The van der Waals surface area contributed by atoms with Crippen molar-refractivity contribution in [2.75, 3.05) is 20.2 Å². The third-order valence-corrected chi connectivity index (χ3v) is 8.56. The predicted octanol–water partition coefficient (Wildman–Crippen LogP) is 5.91. The van der Waals surface area contributed by atoms with Crippen molar-refractivity contribution in [1.29, 1.82) is 0 Å². The van der Waals surface area contributed by atoms with Crippen LogP contribution in [0.15, 0.2) is 79.6 Å². The number of H-pyrrole nitrogens is 1. The number of piperidine rings is 1. The number of aromatic nitrogens is 7. The largest absolute Gasteiger partial charge is 0.480 e. The van der Waals surface area contributed by atoms with Gasteiger partial charge in [-0.3, -0.25) is 15.0 Å². The summed E-state index contributed by atoms with van der Waals surface area (Å²) in [7, 11) is 1.49. The first-order chi connectivity index (χ1) is 22.6. The number of fused-ring (bicyclic) bond motifs is 1. The molecule has 1 aliphatic heterocycles. The number of nitrogens with one attached hydrogen (secondary N) is 1. The zero-order valence-electron chi connectivity index (χ0n) is 25.4. The van der Waals surface area contributed by atoms with Crippen LogP contribution in [-0.2, 0) is 13.2 Å². The van der Waals surface area contributed by atoms with E-state index in [4.69, 9.17) is 14.7 Å². The molecule has 232 valence electrons. The summed E-state index contributed by atoms with van der Waals surface area (Å²) in [6.07, 6.45) is 7.08. The molecule has 2 N–H and O–H groups in total. The normalized spacial score (nSPS) is 14.2. The summed E-state index contributed by atoms with van der Waals surface area (Å²) in [4.78, 5) is 16.4. The van der Waals surface area contributed by atoms with Crippen molar-refractivity contribution < 1.29 is 14.2 Å². The lowest BCUT2D eigenvalue weighted by atomic mass is 9.94. The highest BCUT2D eigenvalue weighted by atomic mass is 19.1. The topological polar surface area (TPSA) is 117 Å². The molecule has 0 amide bonds. The Morgan fingerprint density at radius 3 is 2.61 bits per heavy atom. The van der Waals surface area contributed by atoms with Crippen LogP contribution in [0.1, 0.15) is 41.3 Å². The molecule has 0 aliphatic carbocycles. The third kappa shape index (κ3) is 5.55. The summed E-state index contributed by atoms with van der Waals surface area (Å²) >= 11 is 0. The number of halogens is 1. The van der Waals surface area contributed by atoms with Gasteiger partial charge in [0.1, 0.15) is 17.3 Å². The van der Waals surface area contributed by atoms with Crippen molar-refractivity contribution in [1.82, 2.24) is 39.7 Å². The second kappa shape index (κ2) is 12.6. The van der Waals surface area contributed by atoms with Crippen LogP contribution in [0.5, 0.6) is 5.88 Å². The molecule has 46 heavy (non-hydrogen) atoms. The SMILES string of the molecule is C=Cc1cccc(F)c1-c1cn2nc(OC)c(CO)c2nc1-c1ccc(CN2CCC(c3nc(-c4ccccn4)n[nH]3)CC2)cc1. The van der Waals surface area contributed by atoms with E-state index in [0.29, 0.717) is 45.3 Å². The number of likely N-dealkylation sites (tertiary alicyclic amines) is 1. The number of ether oxygens (including phenoxy) is 1. The number of nitrogens with zero attached hydrogens (tertiary/aromatic N) is 7. The fraction of sp³-hybridized carbons (Fsp3) is 0.229. The highest BCUT2D eigenvalue weighted by Gasteiger charge is 2.25. The molecule has 6 aromatic rings. The van der Waals surface area contributed by atoms with Crippen LogP contribution in [0.2, 0.25) is 0 Å².